The summed E-state index contributed by atoms with van der Waals surface area (Å²) in [5, 5.41) is 18.6. The Kier molecular flexibility index (Phi) is 3.61. The lowest BCUT2D eigenvalue weighted by Crippen LogP contribution is -2.00. The number of rotatable bonds is 3. The highest BCUT2D eigenvalue weighted by Gasteiger charge is 2.12. The fourth-order valence-electron chi connectivity index (χ4n) is 1.69. The van der Waals surface area contributed by atoms with Crippen LogP contribution < -0.4 is 0 Å². The van der Waals surface area contributed by atoms with Crippen molar-refractivity contribution in [3.63, 3.8) is 0 Å². The van der Waals surface area contributed by atoms with Gasteiger partial charge in [0.1, 0.15) is 11.6 Å². The predicted molar refractivity (Wildman–Crippen MR) is 70.0 cm³/mol. The number of hydrogen-bond donors (Lipinski definition) is 2. The van der Waals surface area contributed by atoms with E-state index in [2.05, 4.69) is 0 Å². The number of aliphatic carboxylic acids is 1. The second-order valence-corrected chi connectivity index (χ2v) is 3.94. The number of phenols is 1. The largest absolute Gasteiger partial charge is 0.508 e. The summed E-state index contributed by atoms with van der Waals surface area (Å²) < 4.78 is 13.5. The molecule has 0 atom stereocenters. The molecule has 0 aliphatic rings. The van der Waals surface area contributed by atoms with Crippen LogP contribution in [0.15, 0.2) is 48.5 Å². The smallest absolute Gasteiger partial charge is 0.336 e. The number of carboxylic acids is 1. The van der Waals surface area contributed by atoms with E-state index in [1.807, 2.05) is 0 Å². The number of phenolic OH excluding ortho intramolecular Hbond substituents is 1. The molecule has 3 nitrogen and oxygen atoms in total. The first-order valence-corrected chi connectivity index (χ1v) is 5.57. The van der Waals surface area contributed by atoms with E-state index in [1.165, 1.54) is 42.5 Å². The lowest BCUT2D eigenvalue weighted by molar-refractivity contribution is -0.130. The summed E-state index contributed by atoms with van der Waals surface area (Å²) in [6.45, 7) is 0. The Morgan fingerprint density at radius 2 is 1.84 bits per heavy atom. The van der Waals surface area contributed by atoms with Crippen LogP contribution in [0.25, 0.3) is 11.6 Å². The molecule has 0 saturated carbocycles. The van der Waals surface area contributed by atoms with Gasteiger partial charge in [-0.3, -0.25) is 0 Å². The van der Waals surface area contributed by atoms with E-state index in [9.17, 15) is 19.4 Å². The third kappa shape index (κ3) is 2.98. The van der Waals surface area contributed by atoms with Crippen molar-refractivity contribution in [3.05, 3.63) is 65.5 Å². The average molecular weight is 258 g/mol. The van der Waals surface area contributed by atoms with Gasteiger partial charge in [-0.05, 0) is 29.8 Å². The van der Waals surface area contributed by atoms with Gasteiger partial charge in [-0.25, -0.2) is 9.18 Å². The monoisotopic (exact) mass is 258 g/mol. The number of hydrogen-bond acceptors (Lipinski definition) is 2. The van der Waals surface area contributed by atoms with Crippen molar-refractivity contribution in [1.29, 1.82) is 0 Å². The summed E-state index contributed by atoms with van der Waals surface area (Å²) in [6.07, 6.45) is 1.24. The minimum absolute atomic E-state index is 0.0433. The van der Waals surface area contributed by atoms with E-state index < -0.39 is 11.8 Å². The molecule has 0 unspecified atom stereocenters. The molecule has 2 aromatic carbocycles. The number of benzene rings is 2. The van der Waals surface area contributed by atoms with Gasteiger partial charge in [-0.1, -0.05) is 30.3 Å². The zero-order valence-corrected chi connectivity index (χ0v) is 9.88. The van der Waals surface area contributed by atoms with Crippen LogP contribution in [0, 0.1) is 5.82 Å². The third-order valence-corrected chi connectivity index (χ3v) is 2.59. The lowest BCUT2D eigenvalue weighted by Gasteiger charge is -2.04. The van der Waals surface area contributed by atoms with Gasteiger partial charge in [0.2, 0.25) is 0 Å². The molecular formula is C15H11FO3. The maximum Gasteiger partial charge on any atom is 0.336 e. The van der Waals surface area contributed by atoms with Crippen LogP contribution in [-0.2, 0) is 4.79 Å². The predicted octanol–water partition coefficient (Wildman–Crippen LogP) is 3.16. The van der Waals surface area contributed by atoms with Crippen molar-refractivity contribution >= 4 is 17.6 Å². The Bertz CT molecular complexity index is 647. The van der Waals surface area contributed by atoms with Crippen molar-refractivity contribution in [1.82, 2.24) is 0 Å². The quantitative estimate of drug-likeness (QED) is 0.656. The van der Waals surface area contributed by atoms with Gasteiger partial charge in [-0.2, -0.15) is 0 Å². The third-order valence-electron chi connectivity index (χ3n) is 2.59. The number of halogens is 1. The molecule has 0 radical (unpaired) electrons. The highest BCUT2D eigenvalue weighted by atomic mass is 19.1. The second-order valence-electron chi connectivity index (χ2n) is 3.94. The van der Waals surface area contributed by atoms with Gasteiger partial charge in [0, 0.05) is 5.56 Å². The molecule has 0 aromatic heterocycles. The molecule has 0 bridgehead atoms. The number of carboxylic acid groups (broad SMARTS) is 1. The Morgan fingerprint density at radius 3 is 2.47 bits per heavy atom. The van der Waals surface area contributed by atoms with Gasteiger partial charge in [0.25, 0.3) is 0 Å². The molecule has 2 aromatic rings. The summed E-state index contributed by atoms with van der Waals surface area (Å²) in [6, 6.07) is 11.7. The molecule has 2 N–H and O–H groups in total. The van der Waals surface area contributed by atoms with Crippen LogP contribution in [0.5, 0.6) is 5.75 Å². The van der Waals surface area contributed by atoms with Crippen molar-refractivity contribution in [2.24, 2.45) is 0 Å². The SMILES string of the molecule is O=C(O)/C(=C\c1ccccc1F)c1cccc(O)c1. The first-order chi connectivity index (χ1) is 9.08. The molecule has 0 fully saturated rings. The van der Waals surface area contributed by atoms with Crippen molar-refractivity contribution < 1.29 is 19.4 Å². The fourth-order valence-corrected chi connectivity index (χ4v) is 1.69. The highest BCUT2D eigenvalue weighted by molar-refractivity contribution is 6.20. The molecule has 96 valence electrons. The van der Waals surface area contributed by atoms with E-state index in [1.54, 1.807) is 12.1 Å². The topological polar surface area (TPSA) is 57.5 Å². The molecule has 0 amide bonds. The zero-order chi connectivity index (χ0) is 13.8. The maximum atomic E-state index is 13.5. The first-order valence-electron chi connectivity index (χ1n) is 5.57. The molecule has 0 aliphatic carbocycles. The molecule has 0 spiro atoms. The summed E-state index contributed by atoms with van der Waals surface area (Å²) in [7, 11) is 0. The van der Waals surface area contributed by atoms with Gasteiger partial charge >= 0.3 is 5.97 Å². The molecule has 0 aliphatic heterocycles. The Labute approximate surface area is 109 Å². The van der Waals surface area contributed by atoms with Crippen LogP contribution >= 0.6 is 0 Å². The Hall–Kier alpha value is -2.62. The minimum Gasteiger partial charge on any atom is -0.508 e. The summed E-state index contributed by atoms with van der Waals surface area (Å²) >= 11 is 0. The molecule has 0 heterocycles. The molecular weight excluding hydrogens is 247 g/mol. The highest BCUT2D eigenvalue weighted by Crippen LogP contribution is 2.23. The van der Waals surface area contributed by atoms with Crippen molar-refractivity contribution in [2.75, 3.05) is 0 Å². The first kappa shape index (κ1) is 12.8. The average Bonchev–Trinajstić information content (AvgIpc) is 2.37. The standard InChI is InChI=1S/C15H11FO3/c16-14-7-2-1-4-11(14)9-13(15(18)19)10-5-3-6-12(17)8-10/h1-9,17H,(H,18,19)/b13-9-. The number of aromatic hydroxyl groups is 1. The zero-order valence-electron chi connectivity index (χ0n) is 9.88. The molecule has 0 saturated heterocycles. The Morgan fingerprint density at radius 1 is 1.11 bits per heavy atom. The van der Waals surface area contributed by atoms with E-state index >= 15 is 0 Å². The van der Waals surface area contributed by atoms with Gasteiger partial charge in [-0.15, -0.1) is 0 Å². The van der Waals surface area contributed by atoms with Gasteiger partial charge in [0.05, 0.1) is 5.57 Å². The summed E-state index contributed by atoms with van der Waals surface area (Å²) in [5.74, 6) is -1.73. The van der Waals surface area contributed by atoms with Gasteiger partial charge < -0.3 is 10.2 Å². The maximum absolute atomic E-state index is 13.5. The fraction of sp³-hybridized carbons (Fsp3) is 0. The van der Waals surface area contributed by atoms with Crippen LogP contribution in [0.1, 0.15) is 11.1 Å². The van der Waals surface area contributed by atoms with Crippen LogP contribution in [0.4, 0.5) is 4.39 Å². The summed E-state index contributed by atoms with van der Waals surface area (Å²) in [5.41, 5.74) is 0.417. The van der Waals surface area contributed by atoms with Crippen molar-refractivity contribution in [2.45, 2.75) is 0 Å². The normalized spacial score (nSPS) is 11.3. The molecule has 4 heteroatoms. The Balaban J connectivity index is 2.53. The van der Waals surface area contributed by atoms with E-state index in [0.29, 0.717) is 5.56 Å². The van der Waals surface area contributed by atoms with Crippen LogP contribution in [0.2, 0.25) is 0 Å². The second kappa shape index (κ2) is 5.35. The molecule has 19 heavy (non-hydrogen) atoms. The summed E-state index contributed by atoms with van der Waals surface area (Å²) in [4.78, 5) is 11.3. The van der Waals surface area contributed by atoms with Crippen molar-refractivity contribution in [3.8, 4) is 5.75 Å². The molecule has 2 rings (SSSR count). The van der Waals surface area contributed by atoms with E-state index in [4.69, 9.17) is 0 Å². The van der Waals surface area contributed by atoms with E-state index in [-0.39, 0.29) is 16.9 Å². The van der Waals surface area contributed by atoms with Crippen LogP contribution in [-0.4, -0.2) is 16.2 Å². The van der Waals surface area contributed by atoms with Gasteiger partial charge in [0.15, 0.2) is 0 Å². The minimum atomic E-state index is -1.19. The lowest BCUT2D eigenvalue weighted by atomic mass is 10.0. The number of carbonyl (C=O) groups is 1. The van der Waals surface area contributed by atoms with E-state index in [0.717, 1.165) is 0 Å². The van der Waals surface area contributed by atoms with Crippen LogP contribution in [0.3, 0.4) is 0 Å².